The van der Waals surface area contributed by atoms with Crippen LogP contribution < -0.4 is 9.62 Å². The summed E-state index contributed by atoms with van der Waals surface area (Å²) < 4.78 is 29.9. The zero-order chi connectivity index (χ0) is 30.3. The van der Waals surface area contributed by atoms with Gasteiger partial charge in [-0.05, 0) is 75.1 Å². The standard InChI is InChI=1S/C33H40BrN3O4S/c1-4-31(33(39)35-28-8-6-5-7-9-28)36(22-26-14-10-24(2)11-15-26)32(38)23-37(29-18-16-27(34)17-19-29)42(40,41)30-20-12-25(3)13-21-30/h10-21,28,31H,4-9,22-23H2,1-3H3,(H,35,39)/t31-/m0/s1. The fourth-order valence-electron chi connectivity index (χ4n) is 5.33. The minimum Gasteiger partial charge on any atom is -0.352 e. The van der Waals surface area contributed by atoms with Crippen molar-refractivity contribution in [1.82, 2.24) is 10.2 Å². The van der Waals surface area contributed by atoms with Crippen molar-refractivity contribution in [2.45, 2.75) is 82.8 Å². The highest BCUT2D eigenvalue weighted by atomic mass is 79.9. The Morgan fingerprint density at radius 1 is 0.881 bits per heavy atom. The second kappa shape index (κ2) is 14.3. The molecule has 0 aliphatic heterocycles. The summed E-state index contributed by atoms with van der Waals surface area (Å²) in [5.41, 5.74) is 3.25. The monoisotopic (exact) mass is 653 g/mol. The van der Waals surface area contributed by atoms with Gasteiger partial charge in [-0.15, -0.1) is 0 Å². The van der Waals surface area contributed by atoms with E-state index in [0.717, 1.165) is 51.2 Å². The normalized spacial score (nSPS) is 14.7. The molecule has 0 saturated heterocycles. The van der Waals surface area contributed by atoms with Gasteiger partial charge in [0.1, 0.15) is 12.6 Å². The van der Waals surface area contributed by atoms with Crippen molar-refractivity contribution >= 4 is 43.5 Å². The van der Waals surface area contributed by atoms with E-state index in [2.05, 4.69) is 21.2 Å². The topological polar surface area (TPSA) is 86.8 Å². The summed E-state index contributed by atoms with van der Waals surface area (Å²) in [6, 6.07) is 20.6. The Labute approximate surface area is 258 Å². The van der Waals surface area contributed by atoms with Crippen molar-refractivity contribution < 1.29 is 18.0 Å². The van der Waals surface area contributed by atoms with Crippen LogP contribution in [0.2, 0.25) is 0 Å². The lowest BCUT2D eigenvalue weighted by Crippen LogP contribution is -2.54. The van der Waals surface area contributed by atoms with Gasteiger partial charge in [0.05, 0.1) is 10.6 Å². The first-order chi connectivity index (χ1) is 20.1. The molecule has 0 bridgehead atoms. The highest BCUT2D eigenvalue weighted by Gasteiger charge is 2.34. The quantitative estimate of drug-likeness (QED) is 0.255. The van der Waals surface area contributed by atoms with Crippen molar-refractivity contribution in [2.24, 2.45) is 0 Å². The molecule has 0 aromatic heterocycles. The van der Waals surface area contributed by atoms with E-state index in [1.165, 1.54) is 6.42 Å². The van der Waals surface area contributed by atoms with Crippen LogP contribution in [0.3, 0.4) is 0 Å². The lowest BCUT2D eigenvalue weighted by molar-refractivity contribution is -0.140. The summed E-state index contributed by atoms with van der Waals surface area (Å²) in [6.45, 7) is 5.51. The highest BCUT2D eigenvalue weighted by Crippen LogP contribution is 2.27. The molecule has 0 radical (unpaired) electrons. The third-order valence-corrected chi connectivity index (χ3v) is 10.1. The molecule has 4 rings (SSSR count). The lowest BCUT2D eigenvalue weighted by Gasteiger charge is -2.34. The van der Waals surface area contributed by atoms with Crippen molar-refractivity contribution in [3.63, 3.8) is 0 Å². The molecule has 3 aromatic rings. The second-order valence-corrected chi connectivity index (χ2v) is 13.9. The molecular formula is C33H40BrN3O4S. The van der Waals surface area contributed by atoms with Crippen molar-refractivity contribution in [2.75, 3.05) is 10.8 Å². The van der Waals surface area contributed by atoms with Crippen LogP contribution in [0.4, 0.5) is 5.69 Å². The number of hydrogen-bond acceptors (Lipinski definition) is 4. The smallest absolute Gasteiger partial charge is 0.264 e. The highest BCUT2D eigenvalue weighted by molar-refractivity contribution is 9.10. The Morgan fingerprint density at radius 2 is 1.45 bits per heavy atom. The van der Waals surface area contributed by atoms with Crippen LogP contribution in [-0.4, -0.2) is 43.8 Å². The molecule has 1 N–H and O–H groups in total. The zero-order valence-electron chi connectivity index (χ0n) is 24.6. The number of anilines is 1. The van der Waals surface area contributed by atoms with Gasteiger partial charge in [0, 0.05) is 17.1 Å². The van der Waals surface area contributed by atoms with E-state index in [-0.39, 0.29) is 23.4 Å². The molecule has 0 heterocycles. The van der Waals surface area contributed by atoms with E-state index in [1.807, 2.05) is 45.0 Å². The van der Waals surface area contributed by atoms with Crippen LogP contribution in [0.25, 0.3) is 0 Å². The average Bonchev–Trinajstić information content (AvgIpc) is 2.98. The van der Waals surface area contributed by atoms with Crippen LogP contribution in [0.5, 0.6) is 0 Å². The van der Waals surface area contributed by atoms with E-state index >= 15 is 0 Å². The Morgan fingerprint density at radius 3 is 2.02 bits per heavy atom. The number of nitrogens with zero attached hydrogens (tertiary/aromatic N) is 2. The van der Waals surface area contributed by atoms with E-state index < -0.39 is 28.5 Å². The summed E-state index contributed by atoms with van der Waals surface area (Å²) in [7, 11) is -4.10. The molecule has 1 fully saturated rings. The fourth-order valence-corrected chi connectivity index (χ4v) is 7.01. The van der Waals surface area contributed by atoms with E-state index in [4.69, 9.17) is 0 Å². The molecule has 1 atom stereocenters. The first-order valence-corrected chi connectivity index (χ1v) is 16.8. The minimum absolute atomic E-state index is 0.0935. The third kappa shape index (κ3) is 8.01. The molecule has 7 nitrogen and oxygen atoms in total. The SMILES string of the molecule is CC[C@@H](C(=O)NC1CCCCC1)N(Cc1ccc(C)cc1)C(=O)CN(c1ccc(Br)cc1)S(=O)(=O)c1ccc(C)cc1. The molecule has 1 aliphatic carbocycles. The van der Waals surface area contributed by atoms with Crippen LogP contribution in [0.1, 0.15) is 62.1 Å². The van der Waals surface area contributed by atoms with Gasteiger partial charge in [0.25, 0.3) is 10.0 Å². The van der Waals surface area contributed by atoms with Gasteiger partial charge in [-0.25, -0.2) is 8.42 Å². The van der Waals surface area contributed by atoms with E-state index in [1.54, 1.807) is 53.4 Å². The molecule has 0 unspecified atom stereocenters. The van der Waals surface area contributed by atoms with Crippen molar-refractivity contribution in [1.29, 1.82) is 0 Å². The Hall–Kier alpha value is -3.17. The van der Waals surface area contributed by atoms with Crippen molar-refractivity contribution in [3.8, 4) is 0 Å². The van der Waals surface area contributed by atoms with Gasteiger partial charge < -0.3 is 10.2 Å². The van der Waals surface area contributed by atoms with Gasteiger partial charge in [0.2, 0.25) is 11.8 Å². The first-order valence-electron chi connectivity index (χ1n) is 14.6. The van der Waals surface area contributed by atoms with Gasteiger partial charge in [-0.2, -0.15) is 0 Å². The summed E-state index contributed by atoms with van der Waals surface area (Å²) in [4.78, 5) is 29.5. The fraction of sp³-hybridized carbons (Fsp3) is 0.394. The number of amides is 2. The van der Waals surface area contributed by atoms with Crippen LogP contribution in [-0.2, 0) is 26.2 Å². The number of rotatable bonds is 11. The predicted molar refractivity (Wildman–Crippen MR) is 171 cm³/mol. The van der Waals surface area contributed by atoms with Crippen LogP contribution >= 0.6 is 15.9 Å². The summed E-state index contributed by atoms with van der Waals surface area (Å²) >= 11 is 3.41. The number of carbonyl (C=O) groups is 2. The van der Waals surface area contributed by atoms with Crippen LogP contribution in [0, 0.1) is 13.8 Å². The molecule has 1 aliphatic rings. The van der Waals surface area contributed by atoms with Gasteiger partial charge in [-0.3, -0.25) is 13.9 Å². The largest absolute Gasteiger partial charge is 0.352 e. The third-order valence-electron chi connectivity index (χ3n) is 7.81. The molecule has 2 amide bonds. The number of hydrogen-bond donors (Lipinski definition) is 1. The molecule has 9 heteroatoms. The molecule has 0 spiro atoms. The maximum Gasteiger partial charge on any atom is 0.264 e. The van der Waals surface area contributed by atoms with E-state index in [9.17, 15) is 18.0 Å². The number of nitrogens with one attached hydrogen (secondary N) is 1. The number of halogens is 1. The Balaban J connectivity index is 1.69. The number of aryl methyl sites for hydroxylation is 2. The summed E-state index contributed by atoms with van der Waals surface area (Å²) in [6.07, 6.45) is 5.59. The second-order valence-electron chi connectivity index (χ2n) is 11.1. The summed E-state index contributed by atoms with van der Waals surface area (Å²) in [5, 5.41) is 3.18. The van der Waals surface area contributed by atoms with Crippen LogP contribution in [0.15, 0.2) is 82.2 Å². The molecule has 42 heavy (non-hydrogen) atoms. The average molecular weight is 655 g/mol. The zero-order valence-corrected chi connectivity index (χ0v) is 27.0. The maximum atomic E-state index is 14.2. The van der Waals surface area contributed by atoms with Gasteiger partial charge >= 0.3 is 0 Å². The Bertz CT molecular complexity index is 1450. The molecular weight excluding hydrogens is 614 g/mol. The van der Waals surface area contributed by atoms with Gasteiger partial charge in [0.15, 0.2) is 0 Å². The molecule has 1 saturated carbocycles. The molecule has 3 aromatic carbocycles. The predicted octanol–water partition coefficient (Wildman–Crippen LogP) is 6.52. The summed E-state index contributed by atoms with van der Waals surface area (Å²) in [5.74, 6) is -0.638. The Kier molecular flexibility index (Phi) is 10.8. The van der Waals surface area contributed by atoms with Crippen molar-refractivity contribution in [3.05, 3.63) is 94.0 Å². The molecule has 224 valence electrons. The maximum absolute atomic E-state index is 14.2. The lowest BCUT2D eigenvalue weighted by atomic mass is 9.95. The number of carbonyl (C=O) groups excluding carboxylic acids is 2. The minimum atomic E-state index is -4.10. The van der Waals surface area contributed by atoms with Gasteiger partial charge in [-0.1, -0.05) is 89.6 Å². The first kappa shape index (κ1) is 31.8. The number of sulfonamides is 1. The number of benzene rings is 3. The van der Waals surface area contributed by atoms with E-state index in [0.29, 0.717) is 12.1 Å².